The summed E-state index contributed by atoms with van der Waals surface area (Å²) in [7, 11) is 0. The van der Waals surface area contributed by atoms with Gasteiger partial charge in [-0.15, -0.1) is 0 Å². The first-order chi connectivity index (χ1) is 6.25. The third-order valence-corrected chi connectivity index (χ3v) is 3.56. The molecule has 0 saturated heterocycles. The Morgan fingerprint density at radius 3 is 2.15 bits per heavy atom. The third-order valence-electron chi connectivity index (χ3n) is 3.56. The van der Waals surface area contributed by atoms with Gasteiger partial charge < -0.3 is 0 Å². The van der Waals surface area contributed by atoms with E-state index in [0.29, 0.717) is 11.8 Å². The van der Waals surface area contributed by atoms with Gasteiger partial charge in [0.1, 0.15) is 0 Å². The quantitative estimate of drug-likeness (QED) is 0.572. The number of unbranched alkanes of at least 4 members (excludes halogenated alkanes) is 1. The number of fused-ring (bicyclic) bond motifs is 2. The lowest BCUT2D eigenvalue weighted by molar-refractivity contribution is 0.407. The number of rotatable bonds is 3. The van der Waals surface area contributed by atoms with E-state index in [9.17, 15) is 0 Å². The normalized spacial score (nSPS) is 36.2. The van der Waals surface area contributed by atoms with Gasteiger partial charge in [-0.2, -0.15) is 0 Å². The van der Waals surface area contributed by atoms with E-state index in [1.165, 1.54) is 30.4 Å². The summed E-state index contributed by atoms with van der Waals surface area (Å²) in [5.74, 6) is 2.06. The number of hydrogen-bond donors (Lipinski definition) is 0. The van der Waals surface area contributed by atoms with Crippen LogP contribution in [-0.4, -0.2) is 0 Å². The zero-order chi connectivity index (χ0) is 9.42. The van der Waals surface area contributed by atoms with Crippen molar-refractivity contribution in [2.24, 2.45) is 17.8 Å². The molecule has 13 heavy (non-hydrogen) atoms. The molecular formula is C13H18. The van der Waals surface area contributed by atoms with Crippen molar-refractivity contribution in [3.8, 4) is 0 Å². The van der Waals surface area contributed by atoms with Gasteiger partial charge in [-0.3, -0.25) is 0 Å². The van der Waals surface area contributed by atoms with Gasteiger partial charge in [-0.05, 0) is 23.5 Å². The molecule has 2 atom stereocenters. The Morgan fingerprint density at radius 1 is 1.15 bits per heavy atom. The molecule has 0 aromatic carbocycles. The van der Waals surface area contributed by atoms with Gasteiger partial charge in [0.05, 0.1) is 0 Å². The molecule has 0 aromatic rings. The fourth-order valence-corrected chi connectivity index (χ4v) is 2.72. The first-order valence-corrected chi connectivity index (χ1v) is 5.32. The van der Waals surface area contributed by atoms with Crippen LogP contribution in [0.15, 0.2) is 36.5 Å². The predicted octanol–water partition coefficient (Wildman–Crippen LogP) is 3.72. The zero-order valence-electron chi connectivity index (χ0n) is 8.42. The summed E-state index contributed by atoms with van der Waals surface area (Å²) in [5.41, 5.74) is 2.60. The minimum Gasteiger partial charge on any atom is -0.0949 e. The summed E-state index contributed by atoms with van der Waals surface area (Å²) in [6, 6.07) is 0. The van der Waals surface area contributed by atoms with Crippen molar-refractivity contribution in [1.29, 1.82) is 0 Å². The largest absolute Gasteiger partial charge is 0.0949 e. The summed E-state index contributed by atoms with van der Waals surface area (Å²) in [6.07, 6.45) is 8.66. The highest BCUT2D eigenvalue weighted by Crippen LogP contribution is 2.51. The molecular weight excluding hydrogens is 156 g/mol. The Labute approximate surface area is 81.0 Å². The fourth-order valence-electron chi connectivity index (χ4n) is 2.72. The molecule has 0 aliphatic heterocycles. The molecule has 2 rings (SSSR count). The average Bonchev–Trinajstić information content (AvgIpc) is 2.62. The van der Waals surface area contributed by atoms with Crippen molar-refractivity contribution >= 4 is 0 Å². The maximum absolute atomic E-state index is 4.13. The van der Waals surface area contributed by atoms with Crippen LogP contribution in [0.5, 0.6) is 0 Å². The van der Waals surface area contributed by atoms with Crippen LogP contribution >= 0.6 is 0 Å². The summed E-state index contributed by atoms with van der Waals surface area (Å²) in [4.78, 5) is 0. The summed E-state index contributed by atoms with van der Waals surface area (Å²) in [5, 5.41) is 0. The van der Waals surface area contributed by atoms with Crippen LogP contribution in [0.25, 0.3) is 0 Å². The third kappa shape index (κ3) is 1.20. The minimum absolute atomic E-state index is 0.629. The molecule has 2 aliphatic rings. The van der Waals surface area contributed by atoms with Crippen LogP contribution in [0.4, 0.5) is 0 Å². The van der Waals surface area contributed by atoms with Gasteiger partial charge in [-0.25, -0.2) is 0 Å². The molecule has 2 unspecified atom stereocenters. The second-order valence-corrected chi connectivity index (χ2v) is 4.29. The topological polar surface area (TPSA) is 0 Å². The molecule has 2 aliphatic carbocycles. The van der Waals surface area contributed by atoms with Gasteiger partial charge in [0.25, 0.3) is 0 Å². The summed E-state index contributed by atoms with van der Waals surface area (Å²) < 4.78 is 0. The molecule has 0 N–H and O–H groups in total. The first kappa shape index (κ1) is 8.80. The van der Waals surface area contributed by atoms with Crippen LogP contribution in [0, 0.1) is 17.8 Å². The van der Waals surface area contributed by atoms with E-state index in [1.807, 2.05) is 0 Å². The molecule has 0 radical (unpaired) electrons. The Hall–Kier alpha value is -0.780. The zero-order valence-corrected chi connectivity index (χ0v) is 8.42. The van der Waals surface area contributed by atoms with Crippen molar-refractivity contribution < 1.29 is 0 Å². The van der Waals surface area contributed by atoms with Crippen LogP contribution in [0.3, 0.4) is 0 Å². The number of hydrogen-bond acceptors (Lipinski definition) is 0. The molecule has 0 nitrogen and oxygen atoms in total. The summed E-state index contributed by atoms with van der Waals surface area (Å²) in [6.45, 7) is 10.5. The standard InChI is InChI=1S/C13H18/c1-4-5-6-13-11-7-8-12(13)10(3)9(11)2/h7-8,11-13H,2-6H2,1H3. The molecule has 0 heteroatoms. The van der Waals surface area contributed by atoms with Crippen molar-refractivity contribution in [3.05, 3.63) is 36.5 Å². The van der Waals surface area contributed by atoms with Crippen LogP contribution < -0.4 is 0 Å². The molecule has 0 aromatic heterocycles. The Balaban J connectivity index is 2.10. The maximum atomic E-state index is 4.13. The maximum Gasteiger partial charge on any atom is 0.00521 e. The second-order valence-electron chi connectivity index (χ2n) is 4.29. The molecule has 1 saturated carbocycles. The minimum atomic E-state index is 0.629. The highest BCUT2D eigenvalue weighted by molar-refractivity contribution is 5.46. The van der Waals surface area contributed by atoms with E-state index < -0.39 is 0 Å². The highest BCUT2D eigenvalue weighted by atomic mass is 14.5. The monoisotopic (exact) mass is 174 g/mol. The highest BCUT2D eigenvalue weighted by Gasteiger charge is 2.41. The van der Waals surface area contributed by atoms with Crippen LogP contribution in [-0.2, 0) is 0 Å². The van der Waals surface area contributed by atoms with Crippen molar-refractivity contribution in [1.82, 2.24) is 0 Å². The lowest BCUT2D eigenvalue weighted by Gasteiger charge is -2.13. The van der Waals surface area contributed by atoms with Crippen LogP contribution in [0.2, 0.25) is 0 Å². The smallest absolute Gasteiger partial charge is 0.00521 e. The molecule has 0 amide bonds. The predicted molar refractivity (Wildman–Crippen MR) is 57.4 cm³/mol. The second kappa shape index (κ2) is 3.17. The number of allylic oxidation sites excluding steroid dienone is 4. The molecule has 70 valence electrons. The van der Waals surface area contributed by atoms with E-state index in [0.717, 1.165) is 5.92 Å². The van der Waals surface area contributed by atoms with Crippen LogP contribution in [0.1, 0.15) is 26.2 Å². The van der Waals surface area contributed by atoms with E-state index >= 15 is 0 Å². The molecule has 0 spiro atoms. The Morgan fingerprint density at radius 2 is 1.69 bits per heavy atom. The molecule has 2 bridgehead atoms. The van der Waals surface area contributed by atoms with Gasteiger partial charge in [0.15, 0.2) is 0 Å². The molecule has 1 fully saturated rings. The first-order valence-electron chi connectivity index (χ1n) is 5.32. The van der Waals surface area contributed by atoms with Crippen molar-refractivity contribution in [3.63, 3.8) is 0 Å². The Kier molecular flexibility index (Phi) is 2.15. The van der Waals surface area contributed by atoms with E-state index in [4.69, 9.17) is 0 Å². The van der Waals surface area contributed by atoms with Gasteiger partial charge >= 0.3 is 0 Å². The lowest BCUT2D eigenvalue weighted by Crippen LogP contribution is -2.06. The average molecular weight is 174 g/mol. The Bertz CT molecular complexity index is 246. The SMILES string of the molecule is C=C1C(=C)C2C=CC1C2CCCC. The summed E-state index contributed by atoms with van der Waals surface area (Å²) >= 11 is 0. The van der Waals surface area contributed by atoms with Crippen molar-refractivity contribution in [2.75, 3.05) is 0 Å². The van der Waals surface area contributed by atoms with Gasteiger partial charge in [-0.1, -0.05) is 45.1 Å². The van der Waals surface area contributed by atoms with E-state index in [2.05, 4.69) is 32.2 Å². The fraction of sp³-hybridized carbons (Fsp3) is 0.538. The van der Waals surface area contributed by atoms with Gasteiger partial charge in [0.2, 0.25) is 0 Å². The van der Waals surface area contributed by atoms with Gasteiger partial charge in [0, 0.05) is 11.8 Å². The van der Waals surface area contributed by atoms with E-state index in [1.54, 1.807) is 0 Å². The molecule has 0 heterocycles. The lowest BCUT2D eigenvalue weighted by atomic mass is 9.90. The van der Waals surface area contributed by atoms with E-state index in [-0.39, 0.29) is 0 Å². The van der Waals surface area contributed by atoms with Crippen molar-refractivity contribution in [2.45, 2.75) is 26.2 Å².